The van der Waals surface area contributed by atoms with Crippen molar-refractivity contribution in [2.24, 2.45) is 0 Å². The normalized spacial score (nSPS) is 11.4. The number of methoxy groups -OCH3 is 1. The van der Waals surface area contributed by atoms with Crippen LogP contribution in [0.5, 0.6) is 11.5 Å². The molecule has 2 aromatic carbocycles. The van der Waals surface area contributed by atoms with Crippen LogP contribution in [0.2, 0.25) is 0 Å². The Bertz CT molecular complexity index is 1220. The number of amides is 1. The van der Waals surface area contributed by atoms with Gasteiger partial charge in [-0.2, -0.15) is 0 Å². The molecule has 32 heavy (non-hydrogen) atoms. The first-order valence-electron chi connectivity index (χ1n) is 10.3. The van der Waals surface area contributed by atoms with Crippen molar-refractivity contribution < 1.29 is 28.2 Å². The molecule has 1 amide bonds. The zero-order chi connectivity index (χ0) is 23.5. The molecular formula is C24H27NO7. The third-order valence-corrected chi connectivity index (χ3v) is 4.74. The van der Waals surface area contributed by atoms with E-state index in [2.05, 4.69) is 5.32 Å². The van der Waals surface area contributed by atoms with Crippen molar-refractivity contribution in [1.82, 2.24) is 5.32 Å². The molecule has 0 radical (unpaired) electrons. The molecule has 1 aromatic heterocycles. The van der Waals surface area contributed by atoms with Gasteiger partial charge in [-0.25, -0.2) is 9.59 Å². The van der Waals surface area contributed by atoms with Gasteiger partial charge in [0.2, 0.25) is 0 Å². The summed E-state index contributed by atoms with van der Waals surface area (Å²) in [5.74, 6) is 0.428. The Balaban J connectivity index is 1.69. The highest BCUT2D eigenvalue weighted by atomic mass is 16.6. The van der Waals surface area contributed by atoms with Crippen LogP contribution in [-0.4, -0.2) is 31.3 Å². The van der Waals surface area contributed by atoms with Gasteiger partial charge in [0.25, 0.3) is 0 Å². The van der Waals surface area contributed by atoms with Crippen molar-refractivity contribution in [3.8, 4) is 11.5 Å². The molecule has 8 heteroatoms. The van der Waals surface area contributed by atoms with Crippen molar-refractivity contribution in [2.75, 3.05) is 13.7 Å². The molecule has 170 valence electrons. The quantitative estimate of drug-likeness (QED) is 0.198. The van der Waals surface area contributed by atoms with Crippen LogP contribution in [0.1, 0.15) is 39.2 Å². The van der Waals surface area contributed by atoms with Crippen LogP contribution in [0.25, 0.3) is 21.7 Å². The van der Waals surface area contributed by atoms with Gasteiger partial charge in [0.05, 0.1) is 12.5 Å². The molecule has 0 atom stereocenters. The Morgan fingerprint density at radius 3 is 2.47 bits per heavy atom. The third kappa shape index (κ3) is 5.38. The number of hydrogen-bond acceptors (Lipinski definition) is 7. The number of fused-ring (bicyclic) bond motifs is 3. The average Bonchev–Trinajstić information content (AvgIpc) is 2.72. The van der Waals surface area contributed by atoms with Crippen LogP contribution in [-0.2, 0) is 9.53 Å². The summed E-state index contributed by atoms with van der Waals surface area (Å²) in [4.78, 5) is 36.4. The zero-order valence-electron chi connectivity index (χ0n) is 18.9. The molecule has 3 rings (SSSR count). The number of alkyl carbamates (subject to hydrolysis) is 1. The predicted octanol–water partition coefficient (Wildman–Crippen LogP) is 4.47. The van der Waals surface area contributed by atoms with E-state index < -0.39 is 23.3 Å². The maximum atomic E-state index is 12.5. The van der Waals surface area contributed by atoms with E-state index in [1.807, 2.05) is 0 Å². The van der Waals surface area contributed by atoms with Gasteiger partial charge in [-0.3, -0.25) is 4.79 Å². The largest absolute Gasteiger partial charge is 0.497 e. The van der Waals surface area contributed by atoms with E-state index >= 15 is 0 Å². The SMILES string of the molecule is COc1ccc2c(c1)c(=O)oc1c(C)c(OC(=O)CCCNC(=O)OC(C)(C)C)ccc12. The molecule has 0 aliphatic carbocycles. The first-order chi connectivity index (χ1) is 15.1. The minimum absolute atomic E-state index is 0.106. The number of carbonyl (C=O) groups excluding carboxylic acids is 2. The number of ether oxygens (including phenoxy) is 3. The highest BCUT2D eigenvalue weighted by Crippen LogP contribution is 2.32. The van der Waals surface area contributed by atoms with E-state index in [-0.39, 0.29) is 13.0 Å². The molecule has 0 spiro atoms. The second-order valence-electron chi connectivity index (χ2n) is 8.37. The second-order valence-corrected chi connectivity index (χ2v) is 8.37. The number of carbonyl (C=O) groups is 2. The van der Waals surface area contributed by atoms with Crippen LogP contribution in [0, 0.1) is 6.92 Å². The molecule has 0 aliphatic heterocycles. The maximum Gasteiger partial charge on any atom is 0.407 e. The third-order valence-electron chi connectivity index (χ3n) is 4.74. The number of benzene rings is 2. The van der Waals surface area contributed by atoms with Gasteiger partial charge in [0, 0.05) is 29.3 Å². The molecule has 0 aliphatic rings. The fraction of sp³-hybridized carbons (Fsp3) is 0.375. The summed E-state index contributed by atoms with van der Waals surface area (Å²) >= 11 is 0. The van der Waals surface area contributed by atoms with Crippen LogP contribution < -0.4 is 20.4 Å². The highest BCUT2D eigenvalue weighted by Gasteiger charge is 2.17. The molecule has 0 fully saturated rings. The fourth-order valence-electron chi connectivity index (χ4n) is 3.24. The molecular weight excluding hydrogens is 414 g/mol. The van der Waals surface area contributed by atoms with E-state index in [0.29, 0.717) is 34.5 Å². The summed E-state index contributed by atoms with van der Waals surface area (Å²) in [5, 5.41) is 4.48. The lowest BCUT2D eigenvalue weighted by Crippen LogP contribution is -2.33. The Morgan fingerprint density at radius 2 is 1.78 bits per heavy atom. The van der Waals surface area contributed by atoms with Crippen LogP contribution >= 0.6 is 0 Å². The number of hydrogen-bond donors (Lipinski definition) is 1. The molecule has 3 aromatic rings. The molecule has 0 saturated carbocycles. The summed E-state index contributed by atoms with van der Waals surface area (Å²) < 4.78 is 21.3. The van der Waals surface area contributed by atoms with Crippen LogP contribution in [0.4, 0.5) is 4.79 Å². The molecule has 8 nitrogen and oxygen atoms in total. The van der Waals surface area contributed by atoms with Gasteiger partial charge in [0.1, 0.15) is 22.7 Å². The van der Waals surface area contributed by atoms with E-state index in [9.17, 15) is 14.4 Å². The molecule has 0 bridgehead atoms. The average molecular weight is 441 g/mol. The number of nitrogens with one attached hydrogen (secondary N) is 1. The summed E-state index contributed by atoms with van der Waals surface area (Å²) in [5.41, 5.74) is -0.156. The van der Waals surface area contributed by atoms with Gasteiger partial charge < -0.3 is 23.9 Å². The van der Waals surface area contributed by atoms with Crippen LogP contribution in [0.15, 0.2) is 39.5 Å². The maximum absolute atomic E-state index is 12.5. The first kappa shape index (κ1) is 23.1. The van der Waals surface area contributed by atoms with Gasteiger partial charge in [-0.1, -0.05) is 0 Å². The standard InChI is InChI=1S/C24H27NO7/c1-14-19(30-20(26)7-6-12-25-23(28)32-24(2,3)4)11-10-17-16-9-8-15(29-5)13-18(16)22(27)31-21(14)17/h8-11,13H,6-7,12H2,1-5H3,(H,25,28). The van der Waals surface area contributed by atoms with Crippen molar-refractivity contribution in [3.05, 3.63) is 46.3 Å². The van der Waals surface area contributed by atoms with E-state index in [4.69, 9.17) is 18.6 Å². The number of aryl methyl sites for hydroxylation is 1. The van der Waals surface area contributed by atoms with Gasteiger partial charge in [0.15, 0.2) is 0 Å². The zero-order valence-corrected chi connectivity index (χ0v) is 18.9. The Morgan fingerprint density at radius 1 is 1.06 bits per heavy atom. The Kier molecular flexibility index (Phi) is 6.72. The summed E-state index contributed by atoms with van der Waals surface area (Å²) in [6.07, 6.45) is -0.0304. The van der Waals surface area contributed by atoms with Gasteiger partial charge >= 0.3 is 17.7 Å². The molecule has 0 saturated heterocycles. The summed E-state index contributed by atoms with van der Waals surface area (Å²) in [6.45, 7) is 7.34. The minimum Gasteiger partial charge on any atom is -0.497 e. The minimum atomic E-state index is -0.580. The van der Waals surface area contributed by atoms with E-state index in [1.54, 1.807) is 58.0 Å². The van der Waals surface area contributed by atoms with Gasteiger partial charge in [-0.05, 0) is 64.4 Å². The lowest BCUT2D eigenvalue weighted by atomic mass is 10.0. The van der Waals surface area contributed by atoms with E-state index in [1.165, 1.54) is 7.11 Å². The Labute approximate surface area is 185 Å². The lowest BCUT2D eigenvalue weighted by Gasteiger charge is -2.19. The summed E-state index contributed by atoms with van der Waals surface area (Å²) in [7, 11) is 1.53. The smallest absolute Gasteiger partial charge is 0.407 e. The van der Waals surface area contributed by atoms with Crippen molar-refractivity contribution in [1.29, 1.82) is 0 Å². The molecule has 0 unspecified atom stereocenters. The van der Waals surface area contributed by atoms with Crippen molar-refractivity contribution >= 4 is 33.8 Å². The fourth-order valence-corrected chi connectivity index (χ4v) is 3.24. The van der Waals surface area contributed by atoms with Gasteiger partial charge in [-0.15, -0.1) is 0 Å². The highest BCUT2D eigenvalue weighted by molar-refractivity contribution is 6.06. The van der Waals surface area contributed by atoms with Crippen LogP contribution in [0.3, 0.4) is 0 Å². The topological polar surface area (TPSA) is 104 Å². The number of rotatable bonds is 6. The second kappa shape index (κ2) is 9.30. The lowest BCUT2D eigenvalue weighted by molar-refractivity contribution is -0.134. The number of esters is 1. The summed E-state index contributed by atoms with van der Waals surface area (Å²) in [6, 6.07) is 8.64. The van der Waals surface area contributed by atoms with Crippen molar-refractivity contribution in [3.63, 3.8) is 0 Å². The van der Waals surface area contributed by atoms with E-state index in [0.717, 1.165) is 10.8 Å². The van der Waals surface area contributed by atoms with Crippen molar-refractivity contribution in [2.45, 2.75) is 46.1 Å². The monoisotopic (exact) mass is 441 g/mol. The predicted molar refractivity (Wildman–Crippen MR) is 120 cm³/mol. The first-order valence-corrected chi connectivity index (χ1v) is 10.3. The molecule has 1 heterocycles. The molecule has 1 N–H and O–H groups in total. The Hall–Kier alpha value is -3.55.